The van der Waals surface area contributed by atoms with Gasteiger partial charge in [0, 0.05) is 25.1 Å². The molecule has 0 aliphatic rings. The van der Waals surface area contributed by atoms with Crippen molar-refractivity contribution in [3.05, 3.63) is 94.8 Å². The maximum atomic E-state index is 14.1. The van der Waals surface area contributed by atoms with Crippen LogP contribution in [-0.4, -0.2) is 18.0 Å². The number of rotatable bonds is 10. The van der Waals surface area contributed by atoms with E-state index in [4.69, 9.17) is 4.84 Å². The van der Waals surface area contributed by atoms with Crippen LogP contribution in [0.25, 0.3) is 11.1 Å². The van der Waals surface area contributed by atoms with Crippen molar-refractivity contribution >= 4 is 11.5 Å². The molecular formula is C27H26F4N2O2. The van der Waals surface area contributed by atoms with Gasteiger partial charge in [-0.25, -0.2) is 4.39 Å². The number of hydrogen-bond acceptors (Lipinski definition) is 4. The Morgan fingerprint density at radius 2 is 1.63 bits per heavy atom. The number of hydrogen-bond donors (Lipinski definition) is 1. The van der Waals surface area contributed by atoms with E-state index in [0.29, 0.717) is 25.2 Å². The Kier molecular flexibility index (Phi) is 8.76. The van der Waals surface area contributed by atoms with Gasteiger partial charge < -0.3 is 10.2 Å². The molecule has 0 aromatic heterocycles. The number of carbonyl (C=O) groups is 1. The lowest BCUT2D eigenvalue weighted by atomic mass is 9.97. The van der Waals surface area contributed by atoms with Gasteiger partial charge in [0.2, 0.25) is 0 Å². The average Bonchev–Trinajstić information content (AvgIpc) is 2.82. The minimum Gasteiger partial charge on any atom is -0.391 e. The predicted octanol–water partition coefficient (Wildman–Crippen LogP) is 6.52. The first kappa shape index (κ1) is 26.1. The normalized spacial score (nSPS) is 12.0. The second-order valence-electron chi connectivity index (χ2n) is 8.13. The maximum Gasteiger partial charge on any atom is 0.417 e. The Bertz CT molecular complexity index is 1190. The molecule has 184 valence electrons. The summed E-state index contributed by atoms with van der Waals surface area (Å²) in [7, 11) is 0. The largest absolute Gasteiger partial charge is 0.417 e. The van der Waals surface area contributed by atoms with E-state index in [1.165, 1.54) is 30.3 Å². The van der Waals surface area contributed by atoms with Gasteiger partial charge in [0.15, 0.2) is 0 Å². The fraction of sp³-hybridized carbons (Fsp3) is 0.259. The van der Waals surface area contributed by atoms with Gasteiger partial charge in [-0.2, -0.15) is 13.2 Å². The van der Waals surface area contributed by atoms with Crippen molar-refractivity contribution < 1.29 is 27.2 Å². The monoisotopic (exact) mass is 486 g/mol. The van der Waals surface area contributed by atoms with Gasteiger partial charge in [0.1, 0.15) is 18.2 Å². The lowest BCUT2D eigenvalue weighted by Crippen LogP contribution is -2.16. The third kappa shape index (κ3) is 7.48. The zero-order chi connectivity index (χ0) is 25.4. The SMILES string of the molecule is CC(=O)CCNCc1ccc(/C(C)=N/OCc2ccc(-c3ccccc3F)c(C(F)(F)F)c2)cc1. The van der Waals surface area contributed by atoms with E-state index in [1.807, 2.05) is 24.3 Å². The van der Waals surface area contributed by atoms with Gasteiger partial charge in [-0.05, 0) is 48.2 Å². The lowest BCUT2D eigenvalue weighted by molar-refractivity contribution is -0.137. The number of benzene rings is 3. The topological polar surface area (TPSA) is 50.7 Å². The molecule has 0 aliphatic carbocycles. The highest BCUT2D eigenvalue weighted by atomic mass is 19.4. The number of alkyl halides is 3. The maximum absolute atomic E-state index is 14.1. The number of oxime groups is 1. The van der Waals surface area contributed by atoms with Crippen LogP contribution in [0, 0.1) is 5.82 Å². The van der Waals surface area contributed by atoms with Crippen molar-refractivity contribution in [3.8, 4) is 11.1 Å². The lowest BCUT2D eigenvalue weighted by Gasteiger charge is -2.15. The molecule has 0 amide bonds. The quantitative estimate of drug-likeness (QED) is 0.154. The van der Waals surface area contributed by atoms with E-state index in [2.05, 4.69) is 10.5 Å². The molecule has 3 aromatic rings. The Morgan fingerprint density at radius 3 is 2.29 bits per heavy atom. The highest BCUT2D eigenvalue weighted by molar-refractivity contribution is 5.98. The molecule has 3 aromatic carbocycles. The highest BCUT2D eigenvalue weighted by Crippen LogP contribution is 2.38. The Balaban J connectivity index is 1.65. The molecule has 0 atom stereocenters. The molecule has 8 heteroatoms. The summed E-state index contributed by atoms with van der Waals surface area (Å²) in [5.41, 5.74) is 1.41. The van der Waals surface area contributed by atoms with Crippen molar-refractivity contribution in [1.29, 1.82) is 0 Å². The Labute approximate surface area is 201 Å². The van der Waals surface area contributed by atoms with Crippen molar-refractivity contribution in [2.24, 2.45) is 5.16 Å². The van der Waals surface area contributed by atoms with Crippen molar-refractivity contribution in [1.82, 2.24) is 5.32 Å². The highest BCUT2D eigenvalue weighted by Gasteiger charge is 2.34. The van der Waals surface area contributed by atoms with Crippen LogP contribution in [0.1, 0.15) is 42.5 Å². The smallest absolute Gasteiger partial charge is 0.391 e. The van der Waals surface area contributed by atoms with E-state index in [9.17, 15) is 22.4 Å². The number of ketones is 1. The summed E-state index contributed by atoms with van der Waals surface area (Å²) in [5, 5.41) is 7.21. The number of nitrogens with zero attached hydrogens (tertiary/aromatic N) is 1. The van der Waals surface area contributed by atoms with Crippen LogP contribution in [0.4, 0.5) is 17.6 Å². The summed E-state index contributed by atoms with van der Waals surface area (Å²) in [6.45, 7) is 4.36. The summed E-state index contributed by atoms with van der Waals surface area (Å²) in [5.74, 6) is -0.588. The number of halogens is 4. The van der Waals surface area contributed by atoms with Gasteiger partial charge in [-0.1, -0.05) is 59.8 Å². The zero-order valence-electron chi connectivity index (χ0n) is 19.5. The summed E-state index contributed by atoms with van der Waals surface area (Å²) in [6, 6.07) is 16.6. The first-order valence-corrected chi connectivity index (χ1v) is 11.1. The average molecular weight is 487 g/mol. The van der Waals surface area contributed by atoms with E-state index >= 15 is 0 Å². The number of Topliss-reactive ketones (excluding diaryl/α,β-unsaturated/α-hetero) is 1. The molecule has 0 bridgehead atoms. The van der Waals surface area contributed by atoms with Gasteiger partial charge in [0.25, 0.3) is 0 Å². The van der Waals surface area contributed by atoms with Crippen LogP contribution < -0.4 is 5.32 Å². The van der Waals surface area contributed by atoms with Crippen LogP contribution in [0.3, 0.4) is 0 Å². The molecule has 35 heavy (non-hydrogen) atoms. The second-order valence-corrected chi connectivity index (χ2v) is 8.13. The fourth-order valence-electron chi connectivity index (χ4n) is 3.45. The Morgan fingerprint density at radius 1 is 0.943 bits per heavy atom. The van der Waals surface area contributed by atoms with Gasteiger partial charge in [0.05, 0.1) is 11.3 Å². The molecule has 0 radical (unpaired) electrons. The minimum absolute atomic E-state index is 0.112. The van der Waals surface area contributed by atoms with Crippen LogP contribution >= 0.6 is 0 Å². The molecule has 3 rings (SSSR count). The van der Waals surface area contributed by atoms with E-state index in [0.717, 1.165) is 23.3 Å². The number of nitrogens with one attached hydrogen (secondary N) is 1. The van der Waals surface area contributed by atoms with E-state index in [1.54, 1.807) is 13.8 Å². The first-order valence-electron chi connectivity index (χ1n) is 11.1. The first-order chi connectivity index (χ1) is 16.6. The zero-order valence-corrected chi connectivity index (χ0v) is 19.5. The summed E-state index contributed by atoms with van der Waals surface area (Å²) in [4.78, 5) is 16.3. The van der Waals surface area contributed by atoms with Gasteiger partial charge >= 0.3 is 6.18 Å². The van der Waals surface area contributed by atoms with Crippen LogP contribution in [0.2, 0.25) is 0 Å². The van der Waals surface area contributed by atoms with Crippen LogP contribution in [0.5, 0.6) is 0 Å². The van der Waals surface area contributed by atoms with Gasteiger partial charge in [-0.15, -0.1) is 0 Å². The van der Waals surface area contributed by atoms with Crippen molar-refractivity contribution in [2.75, 3.05) is 6.54 Å². The molecule has 4 nitrogen and oxygen atoms in total. The molecule has 0 aliphatic heterocycles. The van der Waals surface area contributed by atoms with Crippen molar-refractivity contribution in [2.45, 2.75) is 39.6 Å². The third-order valence-corrected chi connectivity index (χ3v) is 5.34. The summed E-state index contributed by atoms with van der Waals surface area (Å²) < 4.78 is 55.1. The van der Waals surface area contributed by atoms with E-state index in [-0.39, 0.29) is 29.1 Å². The molecule has 0 heterocycles. The third-order valence-electron chi connectivity index (χ3n) is 5.34. The van der Waals surface area contributed by atoms with E-state index < -0.39 is 17.6 Å². The molecule has 1 N–H and O–H groups in total. The molecule has 0 saturated carbocycles. The van der Waals surface area contributed by atoms with Gasteiger partial charge in [-0.3, -0.25) is 4.79 Å². The predicted molar refractivity (Wildman–Crippen MR) is 127 cm³/mol. The molecule has 0 fully saturated rings. The summed E-state index contributed by atoms with van der Waals surface area (Å²) >= 11 is 0. The Hall–Kier alpha value is -3.52. The number of carbonyl (C=O) groups excluding carboxylic acids is 1. The minimum atomic E-state index is -4.66. The fourth-order valence-corrected chi connectivity index (χ4v) is 3.45. The van der Waals surface area contributed by atoms with Crippen molar-refractivity contribution in [3.63, 3.8) is 0 Å². The van der Waals surface area contributed by atoms with Crippen LogP contribution in [-0.2, 0) is 29.0 Å². The molecule has 0 unspecified atom stereocenters. The molecule has 0 spiro atoms. The van der Waals surface area contributed by atoms with Crippen LogP contribution in [0.15, 0.2) is 71.9 Å². The molecule has 0 saturated heterocycles. The molecular weight excluding hydrogens is 460 g/mol. The second kappa shape index (κ2) is 11.8. The summed E-state index contributed by atoms with van der Waals surface area (Å²) in [6.07, 6.45) is -4.17. The standard InChI is InChI=1S/C27H26F4N2O2/c1-18(34)13-14-32-16-20-7-10-22(11-8-20)19(2)33-35-17-21-9-12-23(25(15-21)27(29,30)31)24-5-3-4-6-26(24)28/h3-12,15,32H,13-14,16-17H2,1-2H3/b33-19+.